The Bertz CT molecular complexity index is 471. The summed E-state index contributed by atoms with van der Waals surface area (Å²) in [5.74, 6) is 0.900. The van der Waals surface area contributed by atoms with Crippen LogP contribution >= 0.6 is 0 Å². The Hall–Kier alpha value is -1.10. The molecule has 0 aliphatic carbocycles. The first-order valence-corrected chi connectivity index (χ1v) is 10.0. The number of benzene rings is 1. The Labute approximate surface area is 153 Å². The van der Waals surface area contributed by atoms with Crippen molar-refractivity contribution < 1.29 is 19.5 Å². The number of hydrogen-bond donors (Lipinski definition) is 2. The lowest BCUT2D eigenvalue weighted by atomic mass is 9.86. The third kappa shape index (κ3) is 6.61. The first kappa shape index (κ1) is 20.2. The van der Waals surface area contributed by atoms with Gasteiger partial charge in [0.05, 0.1) is 32.0 Å². The van der Waals surface area contributed by atoms with Gasteiger partial charge in [-0.1, -0.05) is 45.2 Å². The zero-order valence-corrected chi connectivity index (χ0v) is 16.1. The van der Waals surface area contributed by atoms with Crippen LogP contribution in [0.15, 0.2) is 24.3 Å². The Morgan fingerprint density at radius 3 is 2.40 bits per heavy atom. The van der Waals surface area contributed by atoms with Gasteiger partial charge in [0.15, 0.2) is 0 Å². The van der Waals surface area contributed by atoms with E-state index in [1.54, 1.807) is 0 Å². The van der Waals surface area contributed by atoms with Gasteiger partial charge in [0.2, 0.25) is 0 Å². The third-order valence-corrected chi connectivity index (χ3v) is 5.16. The number of morpholine rings is 1. The molecular formula is C21H36NO3+. The van der Waals surface area contributed by atoms with Crippen molar-refractivity contribution in [3.8, 4) is 5.75 Å². The summed E-state index contributed by atoms with van der Waals surface area (Å²) in [6.45, 7) is 9.87. The Morgan fingerprint density at radius 1 is 1.04 bits per heavy atom. The molecule has 1 saturated heterocycles. The fraction of sp³-hybridized carbons (Fsp3) is 0.714. The number of hydrogen-bond acceptors (Lipinski definition) is 3. The molecule has 142 valence electrons. The molecule has 0 unspecified atom stereocenters. The van der Waals surface area contributed by atoms with Gasteiger partial charge in [-0.15, -0.1) is 0 Å². The molecule has 1 heterocycles. The molecule has 2 N–H and O–H groups in total. The van der Waals surface area contributed by atoms with Crippen molar-refractivity contribution in [1.29, 1.82) is 0 Å². The molecule has 4 heteroatoms. The van der Waals surface area contributed by atoms with Crippen molar-refractivity contribution in [1.82, 2.24) is 0 Å². The molecule has 1 aliphatic rings. The van der Waals surface area contributed by atoms with E-state index in [2.05, 4.69) is 13.8 Å². The molecule has 4 nitrogen and oxygen atoms in total. The average molecular weight is 351 g/mol. The summed E-state index contributed by atoms with van der Waals surface area (Å²) in [6.07, 6.45) is 6.08. The second kappa shape index (κ2) is 10.8. The number of ether oxygens (including phenoxy) is 2. The zero-order chi connectivity index (χ0) is 18.0. The fourth-order valence-electron chi connectivity index (χ4n) is 3.52. The summed E-state index contributed by atoms with van der Waals surface area (Å²) in [7, 11) is 0. The highest BCUT2D eigenvalue weighted by atomic mass is 16.5. The molecule has 0 radical (unpaired) electrons. The number of rotatable bonds is 11. The van der Waals surface area contributed by atoms with E-state index in [9.17, 15) is 5.11 Å². The van der Waals surface area contributed by atoms with Gasteiger partial charge in [0.1, 0.15) is 18.8 Å². The first-order chi connectivity index (χ1) is 12.2. The molecule has 1 aliphatic heterocycles. The van der Waals surface area contributed by atoms with E-state index in [1.807, 2.05) is 24.3 Å². The van der Waals surface area contributed by atoms with Crippen molar-refractivity contribution in [2.45, 2.75) is 58.0 Å². The number of aliphatic hydroxyl groups is 1. The molecule has 25 heavy (non-hydrogen) atoms. The minimum Gasteiger partial charge on any atom is -0.494 e. The standard InChI is InChI=1S/C21H35NO3/c1-3-5-6-16-25-20-9-7-19(8-10-20)21(23,11-4-2)12-13-22-14-17-24-18-15-22/h7-10,23H,3-6,11-18H2,1-2H3/p+1/t21-/m0/s1. The predicted molar refractivity (Wildman–Crippen MR) is 101 cm³/mol. The molecule has 0 aromatic heterocycles. The number of unbranched alkanes of at least 4 members (excludes halogenated alkanes) is 2. The lowest BCUT2D eigenvalue weighted by molar-refractivity contribution is -0.909. The molecular weight excluding hydrogens is 314 g/mol. The maximum atomic E-state index is 11.3. The van der Waals surface area contributed by atoms with E-state index in [-0.39, 0.29) is 0 Å². The summed E-state index contributed by atoms with van der Waals surface area (Å²) in [5.41, 5.74) is 0.281. The van der Waals surface area contributed by atoms with Crippen LogP contribution in [0.2, 0.25) is 0 Å². The maximum Gasteiger partial charge on any atom is 0.119 e. The smallest absolute Gasteiger partial charge is 0.119 e. The van der Waals surface area contributed by atoms with Crippen molar-refractivity contribution in [3.05, 3.63) is 29.8 Å². The van der Waals surface area contributed by atoms with E-state index in [1.165, 1.54) is 17.7 Å². The van der Waals surface area contributed by atoms with Gasteiger partial charge in [0, 0.05) is 6.42 Å². The lowest BCUT2D eigenvalue weighted by Gasteiger charge is -2.31. The number of nitrogens with one attached hydrogen (secondary N) is 1. The van der Waals surface area contributed by atoms with Gasteiger partial charge in [-0.3, -0.25) is 0 Å². The van der Waals surface area contributed by atoms with E-state index in [0.29, 0.717) is 0 Å². The van der Waals surface area contributed by atoms with Crippen molar-refractivity contribution >= 4 is 0 Å². The molecule has 0 saturated carbocycles. The third-order valence-electron chi connectivity index (χ3n) is 5.16. The summed E-state index contributed by atoms with van der Waals surface area (Å²) < 4.78 is 11.2. The van der Waals surface area contributed by atoms with Gasteiger partial charge < -0.3 is 19.5 Å². The van der Waals surface area contributed by atoms with E-state index < -0.39 is 5.60 Å². The topological polar surface area (TPSA) is 43.1 Å². The monoisotopic (exact) mass is 350 g/mol. The zero-order valence-electron chi connectivity index (χ0n) is 16.1. The minimum atomic E-state index is -0.735. The number of quaternary nitrogens is 1. The Kier molecular flexibility index (Phi) is 8.73. The Balaban J connectivity index is 1.92. The van der Waals surface area contributed by atoms with Crippen LogP contribution in [0, 0.1) is 0 Å². The largest absolute Gasteiger partial charge is 0.494 e. The molecule has 1 atom stereocenters. The molecule has 2 rings (SSSR count). The van der Waals surface area contributed by atoms with Crippen LogP contribution in [0.4, 0.5) is 0 Å². The van der Waals surface area contributed by atoms with Crippen LogP contribution < -0.4 is 9.64 Å². The maximum absolute atomic E-state index is 11.3. The highest BCUT2D eigenvalue weighted by Gasteiger charge is 2.30. The van der Waals surface area contributed by atoms with Gasteiger partial charge >= 0.3 is 0 Å². The molecule has 1 aromatic rings. The summed E-state index contributed by atoms with van der Waals surface area (Å²) >= 11 is 0. The van der Waals surface area contributed by atoms with Crippen LogP contribution in [0.3, 0.4) is 0 Å². The SMILES string of the molecule is CCCCCOc1ccc([C@](O)(CCC)CC[NH+]2CCOCC2)cc1. The van der Waals surface area contributed by atoms with Crippen LogP contribution in [0.1, 0.15) is 57.9 Å². The molecule has 1 aromatic carbocycles. The summed E-state index contributed by atoms with van der Waals surface area (Å²) in [6, 6.07) is 8.09. The minimum absolute atomic E-state index is 0.735. The van der Waals surface area contributed by atoms with Crippen LogP contribution in [-0.2, 0) is 10.3 Å². The lowest BCUT2D eigenvalue weighted by Crippen LogP contribution is -3.14. The highest BCUT2D eigenvalue weighted by Crippen LogP contribution is 2.31. The fourth-order valence-corrected chi connectivity index (χ4v) is 3.52. The Morgan fingerprint density at radius 2 is 1.76 bits per heavy atom. The molecule has 0 spiro atoms. The van der Waals surface area contributed by atoms with Crippen LogP contribution in [-0.4, -0.2) is 44.6 Å². The first-order valence-electron chi connectivity index (χ1n) is 10.0. The van der Waals surface area contributed by atoms with Gasteiger partial charge in [-0.2, -0.15) is 0 Å². The molecule has 0 bridgehead atoms. The van der Waals surface area contributed by atoms with Crippen molar-refractivity contribution in [2.24, 2.45) is 0 Å². The van der Waals surface area contributed by atoms with Gasteiger partial charge in [-0.25, -0.2) is 0 Å². The van der Waals surface area contributed by atoms with E-state index in [0.717, 1.165) is 76.5 Å². The second-order valence-electron chi connectivity index (χ2n) is 7.22. The molecule has 0 amide bonds. The normalized spacial score (nSPS) is 18.0. The second-order valence-corrected chi connectivity index (χ2v) is 7.22. The van der Waals surface area contributed by atoms with Crippen molar-refractivity contribution in [2.75, 3.05) is 39.5 Å². The van der Waals surface area contributed by atoms with Crippen molar-refractivity contribution in [3.63, 3.8) is 0 Å². The predicted octanol–water partition coefficient (Wildman–Crippen LogP) is 2.55. The average Bonchev–Trinajstić information content (AvgIpc) is 2.65. The van der Waals surface area contributed by atoms with Gasteiger partial charge in [-0.05, 0) is 30.5 Å². The van der Waals surface area contributed by atoms with Crippen LogP contribution in [0.25, 0.3) is 0 Å². The molecule has 1 fully saturated rings. The quantitative estimate of drug-likeness (QED) is 0.603. The summed E-state index contributed by atoms with van der Waals surface area (Å²) in [4.78, 5) is 1.54. The highest BCUT2D eigenvalue weighted by molar-refractivity contribution is 5.31. The summed E-state index contributed by atoms with van der Waals surface area (Å²) in [5, 5.41) is 11.3. The van der Waals surface area contributed by atoms with Gasteiger partial charge in [0.25, 0.3) is 0 Å². The van der Waals surface area contributed by atoms with E-state index in [4.69, 9.17) is 9.47 Å². The van der Waals surface area contributed by atoms with E-state index >= 15 is 0 Å². The van der Waals surface area contributed by atoms with Crippen LogP contribution in [0.5, 0.6) is 5.75 Å².